The van der Waals surface area contributed by atoms with Gasteiger partial charge in [-0.25, -0.2) is 4.79 Å². The fourth-order valence-corrected chi connectivity index (χ4v) is 1.94. The first-order chi connectivity index (χ1) is 8.57. The van der Waals surface area contributed by atoms with Gasteiger partial charge < -0.3 is 22.6 Å². The second-order valence-corrected chi connectivity index (χ2v) is 5.84. The summed E-state index contributed by atoms with van der Waals surface area (Å²) in [5.74, 6) is 0.0632. The van der Waals surface area contributed by atoms with Crippen molar-refractivity contribution in [2.24, 2.45) is 5.92 Å². The normalized spacial score (nSPS) is 20.7. The molecule has 1 heterocycles. The van der Waals surface area contributed by atoms with E-state index in [-0.39, 0.29) is 63.8 Å². The van der Waals surface area contributed by atoms with E-state index in [9.17, 15) is 17.7 Å². The van der Waals surface area contributed by atoms with Gasteiger partial charge in [-0.15, -0.1) is 12.1 Å². The van der Waals surface area contributed by atoms with Crippen molar-refractivity contribution in [3.63, 3.8) is 0 Å². The first kappa shape index (κ1) is 20.5. The molecule has 0 aromatic carbocycles. The van der Waals surface area contributed by atoms with Crippen LogP contribution in [0.4, 0.5) is 17.7 Å². The Balaban J connectivity index is 0.00000361. The molecule has 0 aliphatic carbocycles. The molecule has 0 radical (unpaired) electrons. The molecular weight excluding hydrogens is 297 g/mol. The first-order valence-corrected chi connectivity index (χ1v) is 6.44. The van der Waals surface area contributed by atoms with Gasteiger partial charge in [-0.3, -0.25) is 0 Å². The molecular formula is C12H20BF3KNO2. The number of hydrogen-bond acceptors (Lipinski definition) is 2. The topological polar surface area (TPSA) is 29.5 Å². The number of likely N-dealkylation sites (tertiary alicyclic amines) is 1. The smallest absolute Gasteiger partial charge is 0.445 e. The third kappa shape index (κ3) is 8.71. The summed E-state index contributed by atoms with van der Waals surface area (Å²) >= 11 is 0. The summed E-state index contributed by atoms with van der Waals surface area (Å²) in [4.78, 5) is 13.3. The number of halogens is 3. The fourth-order valence-electron chi connectivity index (χ4n) is 1.94. The zero-order valence-corrected chi connectivity index (χ0v) is 15.7. The van der Waals surface area contributed by atoms with E-state index >= 15 is 0 Å². The van der Waals surface area contributed by atoms with Gasteiger partial charge in [0.2, 0.25) is 0 Å². The van der Waals surface area contributed by atoms with Crippen molar-refractivity contribution < 1.29 is 73.9 Å². The van der Waals surface area contributed by atoms with E-state index < -0.39 is 18.7 Å². The van der Waals surface area contributed by atoms with Crippen molar-refractivity contribution in [1.29, 1.82) is 0 Å². The first-order valence-electron chi connectivity index (χ1n) is 6.44. The van der Waals surface area contributed by atoms with Crippen molar-refractivity contribution in [2.45, 2.75) is 39.2 Å². The molecule has 0 aromatic heterocycles. The maximum Gasteiger partial charge on any atom is 1.00 e. The maximum absolute atomic E-state index is 12.2. The van der Waals surface area contributed by atoms with Crippen molar-refractivity contribution in [1.82, 2.24) is 4.90 Å². The van der Waals surface area contributed by atoms with Crippen LogP contribution in [-0.2, 0) is 4.74 Å². The standard InChI is InChI=1S/C12H20BF3NO2.K/c1-12(2,3)19-11(18)17-8-4-5-10(9-17)6-7-13(14,15)16;/h6-7,10H,4-5,8-9H2,1-3H3;/q-1;+1/b7-6+;. The average molecular weight is 317 g/mol. The van der Waals surface area contributed by atoms with Crippen LogP contribution < -0.4 is 51.4 Å². The van der Waals surface area contributed by atoms with Gasteiger partial charge >= 0.3 is 64.5 Å². The van der Waals surface area contributed by atoms with Gasteiger partial charge in [-0.1, -0.05) is 0 Å². The van der Waals surface area contributed by atoms with Crippen LogP contribution in [0.1, 0.15) is 33.6 Å². The number of hydrogen-bond donors (Lipinski definition) is 0. The molecule has 0 N–H and O–H groups in total. The molecule has 0 saturated carbocycles. The van der Waals surface area contributed by atoms with Gasteiger partial charge in [-0.05, 0) is 39.5 Å². The molecule has 110 valence electrons. The van der Waals surface area contributed by atoms with Crippen molar-refractivity contribution in [3.05, 3.63) is 12.1 Å². The number of ether oxygens (including phenoxy) is 1. The van der Waals surface area contributed by atoms with Crippen LogP contribution in [0.2, 0.25) is 0 Å². The van der Waals surface area contributed by atoms with E-state index in [4.69, 9.17) is 4.74 Å². The minimum atomic E-state index is -4.90. The molecule has 3 nitrogen and oxygen atoms in total. The van der Waals surface area contributed by atoms with Crippen LogP contribution in [-0.4, -0.2) is 36.7 Å². The van der Waals surface area contributed by atoms with Gasteiger partial charge in [0.05, 0.1) is 0 Å². The zero-order valence-electron chi connectivity index (χ0n) is 12.5. The maximum atomic E-state index is 12.2. The number of carbonyl (C=O) groups excluding carboxylic acids is 1. The third-order valence-corrected chi connectivity index (χ3v) is 2.71. The SMILES string of the molecule is CC(C)(C)OC(=O)N1CCCC(/C=C/[B-](F)(F)F)C1.[K+]. The van der Waals surface area contributed by atoms with Crippen molar-refractivity contribution in [3.8, 4) is 0 Å². The summed E-state index contributed by atoms with van der Waals surface area (Å²) in [5.41, 5.74) is -0.588. The molecule has 1 fully saturated rings. The summed E-state index contributed by atoms with van der Waals surface area (Å²) in [5, 5.41) is 0. The summed E-state index contributed by atoms with van der Waals surface area (Å²) in [6.07, 6.45) is 2.07. The largest absolute Gasteiger partial charge is 1.00 e. The molecule has 1 unspecified atom stereocenters. The molecule has 0 aromatic rings. The summed E-state index contributed by atoms with van der Waals surface area (Å²) < 4.78 is 41.7. The van der Waals surface area contributed by atoms with E-state index in [2.05, 4.69) is 0 Å². The Labute approximate surface area is 160 Å². The van der Waals surface area contributed by atoms with E-state index in [1.807, 2.05) is 0 Å². The Kier molecular flexibility index (Phi) is 8.42. The van der Waals surface area contributed by atoms with Gasteiger partial charge in [0.1, 0.15) is 5.60 Å². The van der Waals surface area contributed by atoms with Crippen LogP contribution in [0.25, 0.3) is 0 Å². The molecule has 8 heteroatoms. The predicted molar refractivity (Wildman–Crippen MR) is 68.7 cm³/mol. The van der Waals surface area contributed by atoms with Gasteiger partial charge in [-0.2, -0.15) is 0 Å². The van der Waals surface area contributed by atoms with Gasteiger partial charge in [0.25, 0.3) is 0 Å². The average Bonchev–Trinajstić information content (AvgIpc) is 2.23. The van der Waals surface area contributed by atoms with E-state index in [1.165, 1.54) is 4.90 Å². The van der Waals surface area contributed by atoms with Crippen molar-refractivity contribution in [2.75, 3.05) is 13.1 Å². The minimum absolute atomic E-state index is 0. The molecule has 1 saturated heterocycles. The molecule has 1 amide bonds. The molecule has 1 aliphatic heterocycles. The van der Waals surface area contributed by atoms with Crippen LogP contribution in [0.5, 0.6) is 0 Å². The molecule has 0 bridgehead atoms. The summed E-state index contributed by atoms with van der Waals surface area (Å²) in [7, 11) is 0. The van der Waals surface area contributed by atoms with Crippen LogP contribution in [0.3, 0.4) is 0 Å². The van der Waals surface area contributed by atoms with Crippen LogP contribution in [0, 0.1) is 5.92 Å². The second-order valence-electron chi connectivity index (χ2n) is 5.84. The number of carbonyl (C=O) groups is 1. The predicted octanol–water partition coefficient (Wildman–Crippen LogP) is 0.580. The summed E-state index contributed by atoms with van der Waals surface area (Å²) in [6, 6.07) is 0. The van der Waals surface area contributed by atoms with Gasteiger partial charge in [0.15, 0.2) is 0 Å². The molecule has 1 aliphatic rings. The number of piperidine rings is 1. The van der Waals surface area contributed by atoms with Crippen LogP contribution >= 0.6 is 0 Å². The Hall–Kier alpha value is 0.501. The van der Waals surface area contributed by atoms with E-state index in [0.29, 0.717) is 25.4 Å². The zero-order chi connectivity index (χ0) is 14.7. The molecule has 1 rings (SSSR count). The third-order valence-electron chi connectivity index (χ3n) is 2.71. The Morgan fingerprint density at radius 2 is 1.95 bits per heavy atom. The number of amides is 1. The van der Waals surface area contributed by atoms with Crippen LogP contribution in [0.15, 0.2) is 12.1 Å². The quantitative estimate of drug-likeness (QED) is 0.698. The molecule has 20 heavy (non-hydrogen) atoms. The fraction of sp³-hybridized carbons (Fsp3) is 0.750. The minimum Gasteiger partial charge on any atom is -0.445 e. The number of nitrogens with zero attached hydrogens (tertiary/aromatic N) is 1. The Morgan fingerprint density at radius 3 is 2.45 bits per heavy atom. The number of rotatable bonds is 2. The van der Waals surface area contributed by atoms with E-state index in [1.54, 1.807) is 20.8 Å². The summed E-state index contributed by atoms with van der Waals surface area (Å²) in [6.45, 7) is 1.21. The molecule has 0 spiro atoms. The Morgan fingerprint density at radius 1 is 1.35 bits per heavy atom. The monoisotopic (exact) mass is 317 g/mol. The van der Waals surface area contributed by atoms with E-state index in [0.717, 1.165) is 6.08 Å². The molecule has 1 atom stereocenters. The second kappa shape index (κ2) is 8.22. The van der Waals surface area contributed by atoms with Gasteiger partial charge in [0, 0.05) is 13.1 Å². The van der Waals surface area contributed by atoms with Crippen molar-refractivity contribution >= 4 is 13.1 Å². The Bertz CT molecular complexity index is 356.